The maximum Gasteiger partial charge on any atom is 0.345 e. The van der Waals surface area contributed by atoms with Crippen molar-refractivity contribution >= 4 is 28.7 Å². The zero-order valence-corrected chi connectivity index (χ0v) is 15.8. The molecule has 0 radical (unpaired) electrons. The van der Waals surface area contributed by atoms with E-state index in [2.05, 4.69) is 10.6 Å². The number of rotatable bonds is 6. The van der Waals surface area contributed by atoms with E-state index in [0.29, 0.717) is 11.3 Å². The topological polar surface area (TPSA) is 93.7 Å². The third kappa shape index (κ3) is 5.32. The minimum atomic E-state index is -1.28. The van der Waals surface area contributed by atoms with E-state index in [-0.39, 0.29) is 6.61 Å². The molecule has 7 heteroatoms. The molecule has 0 saturated carbocycles. The highest BCUT2D eigenvalue weighted by molar-refractivity contribution is 5.97. The van der Waals surface area contributed by atoms with Gasteiger partial charge in [-0.05, 0) is 22.9 Å². The zero-order valence-electron chi connectivity index (χ0n) is 15.8. The second-order valence-electron chi connectivity index (χ2n) is 6.15. The molecule has 0 aliphatic rings. The van der Waals surface area contributed by atoms with Crippen LogP contribution in [-0.4, -0.2) is 31.6 Å². The van der Waals surface area contributed by atoms with Crippen molar-refractivity contribution in [2.75, 3.05) is 13.7 Å². The summed E-state index contributed by atoms with van der Waals surface area (Å²) in [5.74, 6) is -0.986. The highest BCUT2D eigenvalue weighted by atomic mass is 16.6. The van der Waals surface area contributed by atoms with Crippen molar-refractivity contribution in [3.05, 3.63) is 78.4 Å². The van der Waals surface area contributed by atoms with Gasteiger partial charge in [-0.15, -0.1) is 0 Å². The molecule has 2 N–H and O–H groups in total. The van der Waals surface area contributed by atoms with Crippen LogP contribution in [0.5, 0.6) is 5.75 Å². The molecule has 3 amide bonds. The molecule has 0 unspecified atom stereocenters. The summed E-state index contributed by atoms with van der Waals surface area (Å²) in [6, 6.07) is 21.0. The number of nitrogens with one attached hydrogen (secondary N) is 2. The summed E-state index contributed by atoms with van der Waals surface area (Å²) in [4.78, 5) is 36.1. The predicted octanol–water partition coefficient (Wildman–Crippen LogP) is 2.96. The van der Waals surface area contributed by atoms with Gasteiger partial charge in [0, 0.05) is 12.6 Å². The minimum absolute atomic E-state index is 0.380. The number of amides is 3. The van der Waals surface area contributed by atoms with Crippen LogP contribution in [0.25, 0.3) is 10.8 Å². The van der Waals surface area contributed by atoms with Crippen LogP contribution in [-0.2, 0) is 14.3 Å². The molecule has 0 saturated heterocycles. The lowest BCUT2D eigenvalue weighted by atomic mass is 10.1. The number of benzene rings is 3. The normalized spacial score (nSPS) is 11.3. The van der Waals surface area contributed by atoms with Gasteiger partial charge in [-0.3, -0.25) is 10.1 Å². The minimum Gasteiger partial charge on any atom is -0.482 e. The van der Waals surface area contributed by atoms with Gasteiger partial charge in [0.2, 0.25) is 6.10 Å². The maximum absolute atomic E-state index is 12.4. The first-order valence-electron chi connectivity index (χ1n) is 8.95. The number of carbonyl (C=O) groups excluding carboxylic acids is 3. The van der Waals surface area contributed by atoms with Crippen molar-refractivity contribution in [1.82, 2.24) is 10.6 Å². The van der Waals surface area contributed by atoms with E-state index in [4.69, 9.17) is 9.47 Å². The van der Waals surface area contributed by atoms with Crippen LogP contribution in [0.3, 0.4) is 0 Å². The van der Waals surface area contributed by atoms with Crippen molar-refractivity contribution in [2.45, 2.75) is 6.10 Å². The molecule has 1 atom stereocenters. The Morgan fingerprint density at radius 3 is 2.31 bits per heavy atom. The van der Waals surface area contributed by atoms with Gasteiger partial charge < -0.3 is 14.8 Å². The Bertz CT molecular complexity index is 1020. The molecule has 29 heavy (non-hydrogen) atoms. The van der Waals surface area contributed by atoms with Crippen molar-refractivity contribution in [2.24, 2.45) is 0 Å². The summed E-state index contributed by atoms with van der Waals surface area (Å²) in [5.41, 5.74) is 0.438. The van der Waals surface area contributed by atoms with Crippen molar-refractivity contribution in [3.63, 3.8) is 0 Å². The Balaban J connectivity index is 1.67. The molecule has 0 aliphatic heterocycles. The smallest absolute Gasteiger partial charge is 0.345 e. The lowest BCUT2D eigenvalue weighted by molar-refractivity contribution is -0.158. The molecule has 0 heterocycles. The van der Waals surface area contributed by atoms with Crippen LogP contribution >= 0.6 is 0 Å². The van der Waals surface area contributed by atoms with Gasteiger partial charge in [0.05, 0.1) is 0 Å². The van der Waals surface area contributed by atoms with E-state index in [1.165, 1.54) is 7.05 Å². The third-order valence-corrected chi connectivity index (χ3v) is 4.13. The van der Waals surface area contributed by atoms with E-state index in [1.807, 2.05) is 36.4 Å². The number of imide groups is 1. The summed E-state index contributed by atoms with van der Waals surface area (Å²) >= 11 is 0. The molecule has 0 spiro atoms. The second-order valence-corrected chi connectivity index (χ2v) is 6.15. The Hall–Kier alpha value is -3.87. The van der Waals surface area contributed by atoms with Crippen LogP contribution in [0.4, 0.5) is 4.79 Å². The summed E-state index contributed by atoms with van der Waals surface area (Å²) in [6.07, 6.45) is -1.28. The lowest BCUT2D eigenvalue weighted by Gasteiger charge is -2.17. The van der Waals surface area contributed by atoms with Crippen LogP contribution in [0.2, 0.25) is 0 Å². The summed E-state index contributed by atoms with van der Waals surface area (Å²) in [7, 11) is 1.38. The van der Waals surface area contributed by atoms with Crippen molar-refractivity contribution in [3.8, 4) is 5.75 Å². The van der Waals surface area contributed by atoms with Crippen LogP contribution in [0.15, 0.2) is 72.8 Å². The number of esters is 1. The fraction of sp³-hybridized carbons (Fsp3) is 0.136. The number of hydrogen-bond acceptors (Lipinski definition) is 5. The standard InChI is InChI=1S/C22H20N2O5/c1-23-22(27)24-21(26)20(16-8-3-2-4-9-16)29-19(25)14-28-18-12-11-15-7-5-6-10-17(15)13-18/h2-13,20H,14H2,1H3,(H2,23,24,26,27)/t20-/m1/s1. The summed E-state index contributed by atoms with van der Waals surface area (Å²) in [5, 5.41) is 6.43. The fourth-order valence-electron chi connectivity index (χ4n) is 2.71. The largest absolute Gasteiger partial charge is 0.482 e. The quantitative estimate of drug-likeness (QED) is 0.629. The van der Waals surface area contributed by atoms with Crippen LogP contribution < -0.4 is 15.4 Å². The van der Waals surface area contributed by atoms with E-state index in [9.17, 15) is 14.4 Å². The monoisotopic (exact) mass is 392 g/mol. The van der Waals surface area contributed by atoms with E-state index >= 15 is 0 Å². The van der Waals surface area contributed by atoms with Crippen molar-refractivity contribution < 1.29 is 23.9 Å². The van der Waals surface area contributed by atoms with Gasteiger partial charge in [-0.25, -0.2) is 9.59 Å². The molecular formula is C22H20N2O5. The lowest BCUT2D eigenvalue weighted by Crippen LogP contribution is -2.41. The van der Waals surface area contributed by atoms with Gasteiger partial charge >= 0.3 is 12.0 Å². The third-order valence-electron chi connectivity index (χ3n) is 4.13. The molecule has 3 rings (SSSR count). The molecule has 3 aromatic rings. The Labute approximate surface area is 167 Å². The Kier molecular flexibility index (Phi) is 6.42. The number of urea groups is 1. The van der Waals surface area contributed by atoms with Crippen molar-refractivity contribution in [1.29, 1.82) is 0 Å². The number of hydrogen-bond donors (Lipinski definition) is 2. The average molecular weight is 392 g/mol. The van der Waals surface area contributed by atoms with E-state index in [0.717, 1.165) is 10.8 Å². The van der Waals surface area contributed by atoms with Gasteiger partial charge in [0.15, 0.2) is 6.61 Å². The molecule has 0 aromatic heterocycles. The molecular weight excluding hydrogens is 372 g/mol. The van der Waals surface area contributed by atoms with Gasteiger partial charge in [-0.2, -0.15) is 0 Å². The zero-order chi connectivity index (χ0) is 20.6. The first-order chi connectivity index (χ1) is 14.1. The number of ether oxygens (including phenoxy) is 2. The predicted molar refractivity (Wildman–Crippen MR) is 107 cm³/mol. The van der Waals surface area contributed by atoms with Gasteiger partial charge in [0.25, 0.3) is 5.91 Å². The molecule has 0 bridgehead atoms. The molecule has 0 fully saturated rings. The first-order valence-corrected chi connectivity index (χ1v) is 8.95. The summed E-state index contributed by atoms with van der Waals surface area (Å²) in [6.45, 7) is -0.380. The number of carbonyl (C=O) groups is 3. The Morgan fingerprint density at radius 1 is 0.897 bits per heavy atom. The molecule has 7 nitrogen and oxygen atoms in total. The molecule has 148 valence electrons. The highest BCUT2D eigenvalue weighted by Crippen LogP contribution is 2.21. The number of fused-ring (bicyclic) bond motifs is 1. The van der Waals surface area contributed by atoms with Gasteiger partial charge in [-0.1, -0.05) is 60.7 Å². The SMILES string of the molecule is CNC(=O)NC(=O)[C@H](OC(=O)COc1ccc2ccccc2c1)c1ccccc1. The fourth-order valence-corrected chi connectivity index (χ4v) is 2.71. The molecule has 0 aliphatic carbocycles. The summed E-state index contributed by atoms with van der Waals surface area (Å²) < 4.78 is 10.8. The van der Waals surface area contributed by atoms with E-state index < -0.39 is 24.0 Å². The van der Waals surface area contributed by atoms with Crippen LogP contribution in [0, 0.1) is 0 Å². The van der Waals surface area contributed by atoms with Gasteiger partial charge in [0.1, 0.15) is 5.75 Å². The van der Waals surface area contributed by atoms with Crippen LogP contribution in [0.1, 0.15) is 11.7 Å². The first kappa shape index (κ1) is 19.9. The maximum atomic E-state index is 12.4. The Morgan fingerprint density at radius 2 is 1.59 bits per heavy atom. The second kappa shape index (κ2) is 9.36. The average Bonchev–Trinajstić information content (AvgIpc) is 2.76. The highest BCUT2D eigenvalue weighted by Gasteiger charge is 2.26. The van der Waals surface area contributed by atoms with E-state index in [1.54, 1.807) is 36.4 Å². The molecule has 3 aromatic carbocycles.